The van der Waals surface area contributed by atoms with E-state index in [1.54, 1.807) is 18.2 Å². The van der Waals surface area contributed by atoms with Crippen LogP contribution in [0.15, 0.2) is 24.4 Å². The van der Waals surface area contributed by atoms with Crippen molar-refractivity contribution in [2.45, 2.75) is 6.42 Å². The molecule has 1 amide bonds. The summed E-state index contributed by atoms with van der Waals surface area (Å²) in [4.78, 5) is 40.7. The third-order valence-corrected chi connectivity index (χ3v) is 3.08. The smallest absolute Gasteiger partial charge is 0.318 e. The summed E-state index contributed by atoms with van der Waals surface area (Å²) >= 11 is 0. The van der Waals surface area contributed by atoms with Crippen LogP contribution in [0.2, 0.25) is 0 Å². The van der Waals surface area contributed by atoms with Crippen molar-refractivity contribution < 1.29 is 19.1 Å². The molecule has 1 atom stereocenters. The number of carbonyl (C=O) groups is 3. The number of hydrogen-bond acceptors (Lipinski definition) is 5. The van der Waals surface area contributed by atoms with E-state index < -0.39 is 11.9 Å². The van der Waals surface area contributed by atoms with Crippen LogP contribution < -0.4 is 0 Å². The second-order valence-corrected chi connectivity index (χ2v) is 4.26. The lowest BCUT2D eigenvalue weighted by Gasteiger charge is -2.30. The molecular formula is C13H14N2O4. The zero-order valence-electron chi connectivity index (χ0n) is 10.5. The van der Waals surface area contributed by atoms with E-state index in [0.29, 0.717) is 12.2 Å². The molecule has 1 aromatic rings. The van der Waals surface area contributed by atoms with Crippen LogP contribution in [-0.2, 0) is 14.3 Å². The van der Waals surface area contributed by atoms with Crippen LogP contribution in [0.3, 0.4) is 0 Å². The zero-order valence-corrected chi connectivity index (χ0v) is 10.5. The van der Waals surface area contributed by atoms with Gasteiger partial charge in [0.05, 0.1) is 7.11 Å². The second kappa shape index (κ2) is 5.60. The molecule has 0 N–H and O–H groups in total. The second-order valence-electron chi connectivity index (χ2n) is 4.26. The first-order valence-electron chi connectivity index (χ1n) is 5.94. The average molecular weight is 262 g/mol. The molecule has 0 aliphatic carbocycles. The van der Waals surface area contributed by atoms with Gasteiger partial charge >= 0.3 is 5.97 Å². The largest absolute Gasteiger partial charge is 0.468 e. The summed E-state index contributed by atoms with van der Waals surface area (Å²) in [5.41, 5.74) is 0.306. The summed E-state index contributed by atoms with van der Waals surface area (Å²) in [6.45, 7) is 0.364. The Morgan fingerprint density at radius 2 is 2.21 bits per heavy atom. The maximum atomic E-state index is 12.2. The van der Waals surface area contributed by atoms with Gasteiger partial charge < -0.3 is 9.64 Å². The molecule has 2 heterocycles. The molecule has 19 heavy (non-hydrogen) atoms. The van der Waals surface area contributed by atoms with E-state index >= 15 is 0 Å². The summed E-state index contributed by atoms with van der Waals surface area (Å²) in [7, 11) is 1.23. The predicted octanol–water partition coefficient (Wildman–Crippen LogP) is 0.286. The Morgan fingerprint density at radius 3 is 2.84 bits per heavy atom. The molecule has 1 saturated heterocycles. The Balaban J connectivity index is 2.12. The van der Waals surface area contributed by atoms with Gasteiger partial charge in [0.2, 0.25) is 0 Å². The van der Waals surface area contributed by atoms with Crippen molar-refractivity contribution in [2.75, 3.05) is 20.2 Å². The summed E-state index contributed by atoms with van der Waals surface area (Å²) in [6.07, 6.45) is 1.69. The van der Waals surface area contributed by atoms with Gasteiger partial charge in [-0.3, -0.25) is 19.4 Å². The van der Waals surface area contributed by atoms with Gasteiger partial charge in [0.1, 0.15) is 11.6 Å². The SMILES string of the molecule is COC(=O)C1CN(C(=O)c2ccccn2)CCC1=O. The molecule has 1 unspecified atom stereocenters. The number of ether oxygens (including phenoxy) is 1. The van der Waals surface area contributed by atoms with Gasteiger partial charge in [-0.25, -0.2) is 0 Å². The van der Waals surface area contributed by atoms with Crippen LogP contribution >= 0.6 is 0 Å². The molecule has 1 aromatic heterocycles. The summed E-state index contributed by atoms with van der Waals surface area (Å²) in [5.74, 6) is -1.94. The lowest BCUT2D eigenvalue weighted by atomic mass is 9.96. The Hall–Kier alpha value is -2.24. The van der Waals surface area contributed by atoms with E-state index in [1.165, 1.54) is 18.2 Å². The highest BCUT2D eigenvalue weighted by Gasteiger charge is 2.35. The summed E-state index contributed by atoms with van der Waals surface area (Å²) in [5, 5.41) is 0. The lowest BCUT2D eigenvalue weighted by Crippen LogP contribution is -2.47. The molecule has 0 radical (unpaired) electrons. The number of likely N-dealkylation sites (tertiary alicyclic amines) is 1. The third kappa shape index (κ3) is 2.78. The van der Waals surface area contributed by atoms with Crippen molar-refractivity contribution in [1.29, 1.82) is 0 Å². The first-order valence-corrected chi connectivity index (χ1v) is 5.94. The Bertz CT molecular complexity index is 493. The fourth-order valence-corrected chi connectivity index (χ4v) is 2.02. The first-order chi connectivity index (χ1) is 9.13. The van der Waals surface area contributed by atoms with E-state index in [0.717, 1.165) is 0 Å². The fraction of sp³-hybridized carbons (Fsp3) is 0.385. The lowest BCUT2D eigenvalue weighted by molar-refractivity contribution is -0.151. The topological polar surface area (TPSA) is 76.6 Å². The maximum absolute atomic E-state index is 12.2. The minimum absolute atomic E-state index is 0.0565. The molecule has 0 bridgehead atoms. The van der Waals surface area contributed by atoms with Crippen molar-refractivity contribution in [3.05, 3.63) is 30.1 Å². The molecule has 1 fully saturated rings. The number of rotatable bonds is 2. The minimum atomic E-state index is -0.883. The molecule has 2 rings (SSSR count). The number of methoxy groups -OCH3 is 1. The van der Waals surface area contributed by atoms with Crippen molar-refractivity contribution in [3.8, 4) is 0 Å². The zero-order chi connectivity index (χ0) is 13.8. The van der Waals surface area contributed by atoms with E-state index in [1.807, 2.05) is 0 Å². The van der Waals surface area contributed by atoms with Crippen LogP contribution in [0, 0.1) is 5.92 Å². The predicted molar refractivity (Wildman–Crippen MR) is 65.3 cm³/mol. The number of Topliss-reactive ketones (excluding diaryl/α,β-unsaturated/α-hetero) is 1. The monoisotopic (exact) mass is 262 g/mol. The van der Waals surface area contributed by atoms with Gasteiger partial charge in [0.15, 0.2) is 5.78 Å². The highest BCUT2D eigenvalue weighted by atomic mass is 16.5. The number of carbonyl (C=O) groups excluding carboxylic acids is 3. The molecular weight excluding hydrogens is 248 g/mol. The molecule has 6 heteroatoms. The van der Waals surface area contributed by atoms with Gasteiger partial charge in [0, 0.05) is 25.7 Å². The van der Waals surface area contributed by atoms with Gasteiger partial charge in [-0.2, -0.15) is 0 Å². The summed E-state index contributed by atoms with van der Waals surface area (Å²) in [6, 6.07) is 5.03. The molecule has 1 aliphatic rings. The van der Waals surface area contributed by atoms with E-state index in [2.05, 4.69) is 9.72 Å². The van der Waals surface area contributed by atoms with Crippen LogP contribution in [0.1, 0.15) is 16.9 Å². The van der Waals surface area contributed by atoms with Crippen LogP contribution in [-0.4, -0.2) is 47.7 Å². The van der Waals surface area contributed by atoms with E-state index in [9.17, 15) is 14.4 Å². The van der Waals surface area contributed by atoms with Crippen LogP contribution in [0.4, 0.5) is 0 Å². The van der Waals surface area contributed by atoms with E-state index in [-0.39, 0.29) is 24.7 Å². The quantitative estimate of drug-likeness (QED) is 0.565. The van der Waals surface area contributed by atoms with Crippen molar-refractivity contribution in [2.24, 2.45) is 5.92 Å². The molecule has 6 nitrogen and oxygen atoms in total. The Morgan fingerprint density at radius 1 is 1.42 bits per heavy atom. The average Bonchev–Trinajstić information content (AvgIpc) is 2.47. The van der Waals surface area contributed by atoms with Gasteiger partial charge in [-0.15, -0.1) is 0 Å². The fourth-order valence-electron chi connectivity index (χ4n) is 2.02. The number of nitrogens with zero attached hydrogens (tertiary/aromatic N) is 2. The number of hydrogen-bond donors (Lipinski definition) is 0. The van der Waals surface area contributed by atoms with Gasteiger partial charge in [-0.1, -0.05) is 6.07 Å². The molecule has 0 saturated carbocycles. The van der Waals surface area contributed by atoms with Crippen molar-refractivity contribution in [3.63, 3.8) is 0 Å². The Kier molecular flexibility index (Phi) is 3.89. The van der Waals surface area contributed by atoms with Crippen LogP contribution in [0.5, 0.6) is 0 Å². The van der Waals surface area contributed by atoms with Crippen molar-refractivity contribution >= 4 is 17.7 Å². The minimum Gasteiger partial charge on any atom is -0.468 e. The number of piperidine rings is 1. The first kappa shape index (κ1) is 13.2. The standard InChI is InChI=1S/C13H14N2O4/c1-19-13(18)9-8-15(7-5-11(9)16)12(17)10-4-2-3-6-14-10/h2-4,6,9H,5,7-8H2,1H3. The number of aromatic nitrogens is 1. The Labute approximate surface area is 110 Å². The van der Waals surface area contributed by atoms with E-state index in [4.69, 9.17) is 0 Å². The molecule has 0 spiro atoms. The number of ketones is 1. The normalized spacial score (nSPS) is 19.1. The van der Waals surface area contributed by atoms with Crippen LogP contribution in [0.25, 0.3) is 0 Å². The maximum Gasteiger partial charge on any atom is 0.318 e. The van der Waals surface area contributed by atoms with Gasteiger partial charge in [0.25, 0.3) is 5.91 Å². The van der Waals surface area contributed by atoms with Crippen molar-refractivity contribution in [1.82, 2.24) is 9.88 Å². The number of esters is 1. The highest BCUT2D eigenvalue weighted by molar-refractivity contribution is 6.01. The number of pyridine rings is 1. The molecule has 1 aliphatic heterocycles. The molecule has 100 valence electrons. The third-order valence-electron chi connectivity index (χ3n) is 3.08. The number of amides is 1. The molecule has 0 aromatic carbocycles. The summed E-state index contributed by atoms with van der Waals surface area (Å²) < 4.78 is 4.58. The van der Waals surface area contributed by atoms with Gasteiger partial charge in [-0.05, 0) is 12.1 Å². The highest BCUT2D eigenvalue weighted by Crippen LogP contribution is 2.16.